The van der Waals surface area contributed by atoms with Gasteiger partial charge in [-0.05, 0) is 84.1 Å². The van der Waals surface area contributed by atoms with Crippen LogP contribution in [0.3, 0.4) is 0 Å². The fraction of sp³-hybridized carbons (Fsp3) is 0.706. The molecule has 0 spiro atoms. The summed E-state index contributed by atoms with van der Waals surface area (Å²) >= 11 is 1.67. The Morgan fingerprint density at radius 1 is 1.20 bits per heavy atom. The molecule has 4 aliphatic carbocycles. The van der Waals surface area contributed by atoms with Gasteiger partial charge in [-0.3, -0.25) is 4.79 Å². The Morgan fingerprint density at radius 2 is 1.85 bits per heavy atom. The second-order valence-corrected chi connectivity index (χ2v) is 8.28. The zero-order valence-corrected chi connectivity index (χ0v) is 12.8. The molecule has 0 aromatic carbocycles. The molecule has 4 saturated carbocycles. The molecule has 1 N–H and O–H groups in total. The second kappa shape index (κ2) is 4.87. The number of hydrogen-bond acceptors (Lipinski definition) is 2. The molecule has 4 fully saturated rings. The van der Waals surface area contributed by atoms with Crippen LogP contribution in [0.15, 0.2) is 16.8 Å². The lowest BCUT2D eigenvalue weighted by molar-refractivity contribution is -0.122. The number of rotatable bonds is 4. The summed E-state index contributed by atoms with van der Waals surface area (Å²) in [6, 6.07) is 2.05. The molecule has 3 heteroatoms. The molecular formula is C17H23NOS. The van der Waals surface area contributed by atoms with Gasteiger partial charge in [0.2, 0.25) is 5.91 Å². The summed E-state index contributed by atoms with van der Waals surface area (Å²) in [5.41, 5.74) is 1.61. The molecule has 20 heavy (non-hydrogen) atoms. The van der Waals surface area contributed by atoms with Crippen LogP contribution in [0.5, 0.6) is 0 Å². The molecule has 2 nitrogen and oxygen atoms in total. The van der Waals surface area contributed by atoms with E-state index < -0.39 is 0 Å². The van der Waals surface area contributed by atoms with Crippen molar-refractivity contribution in [2.24, 2.45) is 23.2 Å². The first-order chi connectivity index (χ1) is 9.71. The minimum atomic E-state index is 0.208. The Bertz CT molecular complexity index is 458. The van der Waals surface area contributed by atoms with Gasteiger partial charge in [-0.1, -0.05) is 0 Å². The molecule has 1 amide bonds. The second-order valence-electron chi connectivity index (χ2n) is 7.50. The Hall–Kier alpha value is -0.830. The van der Waals surface area contributed by atoms with Crippen LogP contribution in [0.2, 0.25) is 0 Å². The van der Waals surface area contributed by atoms with Crippen LogP contribution in [0, 0.1) is 23.2 Å². The van der Waals surface area contributed by atoms with Gasteiger partial charge in [0.25, 0.3) is 0 Å². The molecule has 0 unspecified atom stereocenters. The first kappa shape index (κ1) is 12.9. The molecule has 5 rings (SSSR count). The summed E-state index contributed by atoms with van der Waals surface area (Å²) in [5.74, 6) is 3.11. The highest BCUT2D eigenvalue weighted by Crippen LogP contribution is 2.59. The number of amides is 1. The van der Waals surface area contributed by atoms with Gasteiger partial charge in [-0.2, -0.15) is 11.3 Å². The first-order valence-corrected chi connectivity index (χ1v) is 8.93. The zero-order chi connectivity index (χ0) is 13.6. The van der Waals surface area contributed by atoms with E-state index in [9.17, 15) is 4.79 Å². The van der Waals surface area contributed by atoms with E-state index in [2.05, 4.69) is 16.8 Å². The van der Waals surface area contributed by atoms with Crippen molar-refractivity contribution >= 4 is 17.2 Å². The van der Waals surface area contributed by atoms with Crippen molar-refractivity contribution < 1.29 is 4.79 Å². The minimum absolute atomic E-state index is 0.208. The average molecular weight is 289 g/mol. The van der Waals surface area contributed by atoms with Gasteiger partial charge in [0.1, 0.15) is 0 Å². The Balaban J connectivity index is 1.36. The summed E-state index contributed by atoms with van der Waals surface area (Å²) in [7, 11) is 0. The molecule has 0 atom stereocenters. The van der Waals surface area contributed by atoms with Crippen molar-refractivity contribution in [1.82, 2.24) is 5.32 Å². The first-order valence-electron chi connectivity index (χ1n) is 7.99. The number of nitrogens with one attached hydrogen (secondary N) is 1. The van der Waals surface area contributed by atoms with E-state index in [1.54, 1.807) is 11.3 Å². The third-order valence-electron chi connectivity index (χ3n) is 5.77. The normalized spacial score (nSPS) is 38.1. The molecule has 1 aromatic heterocycles. The highest BCUT2D eigenvalue weighted by molar-refractivity contribution is 7.07. The molecule has 1 heterocycles. The van der Waals surface area contributed by atoms with Gasteiger partial charge in [0.15, 0.2) is 0 Å². The van der Waals surface area contributed by atoms with Crippen molar-refractivity contribution in [3.63, 3.8) is 0 Å². The Labute approximate surface area is 125 Å². The fourth-order valence-electron chi connectivity index (χ4n) is 5.43. The van der Waals surface area contributed by atoms with E-state index in [0.717, 1.165) is 29.9 Å². The van der Waals surface area contributed by atoms with E-state index in [0.29, 0.717) is 11.8 Å². The van der Waals surface area contributed by atoms with Crippen molar-refractivity contribution in [3.05, 3.63) is 22.4 Å². The molecule has 0 aliphatic heterocycles. The van der Waals surface area contributed by atoms with Crippen LogP contribution in [-0.4, -0.2) is 12.5 Å². The largest absolute Gasteiger partial charge is 0.355 e. The number of carbonyl (C=O) groups excluding carboxylic acids is 1. The standard InChI is InChI=1S/C17H23NOS/c19-16(6-12-1-2-20-10-12)18-11-17-7-13-3-14(8-17)5-15(4-13)9-17/h1-2,10,13-15H,3-9,11H2,(H,18,19). The number of hydrogen-bond donors (Lipinski definition) is 1. The third kappa shape index (κ3) is 2.41. The monoisotopic (exact) mass is 289 g/mol. The molecule has 0 radical (unpaired) electrons. The van der Waals surface area contributed by atoms with Crippen molar-refractivity contribution in [1.29, 1.82) is 0 Å². The van der Waals surface area contributed by atoms with Crippen molar-refractivity contribution in [2.75, 3.05) is 6.54 Å². The lowest BCUT2D eigenvalue weighted by Gasteiger charge is -2.56. The molecule has 1 aromatic rings. The van der Waals surface area contributed by atoms with Crippen LogP contribution in [0.25, 0.3) is 0 Å². The topological polar surface area (TPSA) is 29.1 Å². The Kier molecular flexibility index (Phi) is 3.13. The van der Waals surface area contributed by atoms with Crippen LogP contribution in [0.4, 0.5) is 0 Å². The summed E-state index contributed by atoms with van der Waals surface area (Å²) < 4.78 is 0. The van der Waals surface area contributed by atoms with Gasteiger partial charge >= 0.3 is 0 Å². The number of carbonyl (C=O) groups is 1. The zero-order valence-electron chi connectivity index (χ0n) is 11.9. The molecule has 4 bridgehead atoms. The highest BCUT2D eigenvalue weighted by Gasteiger charge is 2.50. The van der Waals surface area contributed by atoms with Gasteiger partial charge in [0, 0.05) is 6.54 Å². The smallest absolute Gasteiger partial charge is 0.224 e. The predicted octanol–water partition coefficient (Wildman–Crippen LogP) is 3.62. The van der Waals surface area contributed by atoms with Crippen molar-refractivity contribution in [3.8, 4) is 0 Å². The van der Waals surface area contributed by atoms with Crippen molar-refractivity contribution in [2.45, 2.75) is 44.9 Å². The molecular weight excluding hydrogens is 266 g/mol. The van der Waals surface area contributed by atoms with E-state index in [-0.39, 0.29) is 5.91 Å². The molecule has 4 aliphatic rings. The van der Waals surface area contributed by atoms with E-state index in [4.69, 9.17) is 0 Å². The van der Waals surface area contributed by atoms with Gasteiger partial charge in [-0.15, -0.1) is 0 Å². The highest BCUT2D eigenvalue weighted by atomic mass is 32.1. The summed E-state index contributed by atoms with van der Waals surface area (Å²) in [5, 5.41) is 7.36. The maximum atomic E-state index is 12.1. The molecule has 108 valence electrons. The minimum Gasteiger partial charge on any atom is -0.355 e. The van der Waals surface area contributed by atoms with E-state index in [1.165, 1.54) is 38.5 Å². The van der Waals surface area contributed by atoms with Gasteiger partial charge in [0.05, 0.1) is 6.42 Å². The Morgan fingerprint density at radius 3 is 2.40 bits per heavy atom. The SMILES string of the molecule is O=C(Cc1ccsc1)NCC12CC3CC(CC(C3)C1)C2. The van der Waals surface area contributed by atoms with Crippen LogP contribution in [0.1, 0.15) is 44.1 Å². The quantitative estimate of drug-likeness (QED) is 0.901. The molecule has 0 saturated heterocycles. The average Bonchev–Trinajstić information content (AvgIpc) is 2.88. The van der Waals surface area contributed by atoms with Gasteiger partial charge < -0.3 is 5.32 Å². The summed E-state index contributed by atoms with van der Waals surface area (Å²) in [4.78, 5) is 12.1. The number of thiophene rings is 1. The summed E-state index contributed by atoms with van der Waals surface area (Å²) in [6.45, 7) is 0.930. The van der Waals surface area contributed by atoms with E-state index >= 15 is 0 Å². The van der Waals surface area contributed by atoms with Gasteiger partial charge in [-0.25, -0.2) is 0 Å². The van der Waals surface area contributed by atoms with Crippen LogP contribution >= 0.6 is 11.3 Å². The predicted molar refractivity (Wildman–Crippen MR) is 81.6 cm³/mol. The summed E-state index contributed by atoms with van der Waals surface area (Å²) in [6.07, 6.45) is 9.09. The van der Waals surface area contributed by atoms with E-state index in [1.807, 2.05) is 5.38 Å². The maximum absolute atomic E-state index is 12.1. The lowest BCUT2D eigenvalue weighted by Crippen LogP contribution is -2.51. The van der Waals surface area contributed by atoms with Crippen LogP contribution in [-0.2, 0) is 11.2 Å². The fourth-order valence-corrected chi connectivity index (χ4v) is 6.10. The maximum Gasteiger partial charge on any atom is 0.224 e. The third-order valence-corrected chi connectivity index (χ3v) is 6.50. The van der Waals surface area contributed by atoms with Crippen LogP contribution < -0.4 is 5.32 Å². The lowest BCUT2D eigenvalue weighted by atomic mass is 9.49.